The van der Waals surface area contributed by atoms with Crippen LogP contribution in [0.15, 0.2) is 72.8 Å². The average Bonchev–Trinajstić information content (AvgIpc) is 2.57. The van der Waals surface area contributed by atoms with E-state index in [-0.39, 0.29) is 5.78 Å². The van der Waals surface area contributed by atoms with Gasteiger partial charge in [-0.3, -0.25) is 4.79 Å². The van der Waals surface area contributed by atoms with E-state index in [1.165, 1.54) is 0 Å². The number of fused-ring (bicyclic) bond motifs is 2. The lowest BCUT2D eigenvalue weighted by molar-refractivity contribution is 0.103. The Kier molecular flexibility index (Phi) is 3.01. The molecular weight excluding hydrogens is 270 g/mol. The Morgan fingerprint density at radius 3 is 2.32 bits per heavy atom. The fraction of sp³-hybridized carbons (Fsp3) is 0.0500. The summed E-state index contributed by atoms with van der Waals surface area (Å²) in [6.45, 7) is 0. The normalized spacial score (nSPS) is 12.5. The first-order valence-electron chi connectivity index (χ1n) is 7.39. The minimum Gasteiger partial charge on any atom is -0.355 e. The number of hydrogen-bond acceptors (Lipinski definition) is 2. The molecule has 0 spiro atoms. The van der Waals surface area contributed by atoms with Crippen molar-refractivity contribution in [1.82, 2.24) is 0 Å². The minimum absolute atomic E-state index is 0.119. The second kappa shape index (κ2) is 5.15. The highest BCUT2D eigenvalue weighted by Crippen LogP contribution is 2.33. The van der Waals surface area contributed by atoms with E-state index in [1.54, 1.807) is 0 Å². The molecule has 0 atom stereocenters. The lowest BCUT2D eigenvalue weighted by Crippen LogP contribution is -2.16. The smallest absolute Gasteiger partial charge is 0.193 e. The van der Waals surface area contributed by atoms with Crippen LogP contribution in [0.3, 0.4) is 0 Å². The van der Waals surface area contributed by atoms with Gasteiger partial charge < -0.3 is 5.32 Å². The summed E-state index contributed by atoms with van der Waals surface area (Å²) in [6, 6.07) is 23.8. The summed E-state index contributed by atoms with van der Waals surface area (Å²) in [6.07, 6.45) is 0.785. The molecule has 0 amide bonds. The predicted molar refractivity (Wildman–Crippen MR) is 88.8 cm³/mol. The number of nitrogens with one attached hydrogen (secondary N) is 1. The van der Waals surface area contributed by atoms with Crippen molar-refractivity contribution < 1.29 is 4.79 Å². The molecule has 1 aliphatic rings. The van der Waals surface area contributed by atoms with Crippen LogP contribution in [0, 0.1) is 0 Å². The first-order valence-corrected chi connectivity index (χ1v) is 7.39. The number of carbonyl (C=O) groups is 1. The van der Waals surface area contributed by atoms with Gasteiger partial charge >= 0.3 is 0 Å². The van der Waals surface area contributed by atoms with Crippen LogP contribution in [0.2, 0.25) is 0 Å². The van der Waals surface area contributed by atoms with Crippen molar-refractivity contribution in [2.75, 3.05) is 5.32 Å². The van der Waals surface area contributed by atoms with Crippen molar-refractivity contribution in [3.8, 4) is 0 Å². The molecule has 0 unspecified atom stereocenters. The Morgan fingerprint density at radius 2 is 1.45 bits per heavy atom. The van der Waals surface area contributed by atoms with Gasteiger partial charge in [0.15, 0.2) is 5.78 Å². The summed E-state index contributed by atoms with van der Waals surface area (Å²) in [5.41, 5.74) is 5.85. The molecule has 0 saturated heterocycles. The maximum Gasteiger partial charge on any atom is 0.193 e. The van der Waals surface area contributed by atoms with Crippen LogP contribution in [0.25, 0.3) is 0 Å². The number of para-hydroxylation sites is 1. The van der Waals surface area contributed by atoms with Crippen molar-refractivity contribution >= 4 is 17.2 Å². The molecule has 1 aliphatic carbocycles. The Morgan fingerprint density at radius 1 is 0.727 bits per heavy atom. The van der Waals surface area contributed by atoms with Crippen molar-refractivity contribution in [3.05, 3.63) is 95.1 Å². The lowest BCUT2D eigenvalue weighted by Gasteiger charge is -2.21. The van der Waals surface area contributed by atoms with Crippen molar-refractivity contribution in [3.63, 3.8) is 0 Å². The van der Waals surface area contributed by atoms with E-state index in [4.69, 9.17) is 0 Å². The standard InChI is InChI=1S/C20H15NO/c22-20-16-10-5-4-7-14(16)13-18-17(20)11-6-12-19(18)21-15-8-2-1-3-9-15/h1-12,21H,13H2. The quantitative estimate of drug-likeness (QED) is 0.584. The van der Waals surface area contributed by atoms with E-state index in [2.05, 4.69) is 5.32 Å². The molecule has 4 rings (SSSR count). The molecule has 106 valence electrons. The third-order valence-corrected chi connectivity index (χ3v) is 4.10. The zero-order chi connectivity index (χ0) is 14.9. The Labute approximate surface area is 129 Å². The van der Waals surface area contributed by atoms with Gasteiger partial charge in [0.05, 0.1) is 0 Å². The van der Waals surface area contributed by atoms with Crippen LogP contribution in [-0.2, 0) is 6.42 Å². The maximum atomic E-state index is 12.7. The third kappa shape index (κ3) is 2.09. The summed E-state index contributed by atoms with van der Waals surface area (Å²) in [5.74, 6) is 0.119. The van der Waals surface area contributed by atoms with Gasteiger partial charge in [0.1, 0.15) is 0 Å². The van der Waals surface area contributed by atoms with E-state index >= 15 is 0 Å². The van der Waals surface area contributed by atoms with E-state index in [0.717, 1.165) is 40.0 Å². The topological polar surface area (TPSA) is 29.1 Å². The molecule has 3 aromatic rings. The minimum atomic E-state index is 0.119. The molecule has 2 nitrogen and oxygen atoms in total. The first kappa shape index (κ1) is 12.8. The number of hydrogen-bond donors (Lipinski definition) is 1. The predicted octanol–water partition coefficient (Wildman–Crippen LogP) is 4.57. The summed E-state index contributed by atoms with van der Waals surface area (Å²) >= 11 is 0. The third-order valence-electron chi connectivity index (χ3n) is 4.10. The molecule has 0 bridgehead atoms. The Bertz CT molecular complexity index is 853. The molecular formula is C20H15NO. The summed E-state index contributed by atoms with van der Waals surface area (Å²) in [4.78, 5) is 12.7. The number of anilines is 2. The average molecular weight is 285 g/mol. The van der Waals surface area contributed by atoms with Crippen molar-refractivity contribution in [2.45, 2.75) is 6.42 Å². The highest BCUT2D eigenvalue weighted by Gasteiger charge is 2.24. The van der Waals surface area contributed by atoms with Gasteiger partial charge in [-0.1, -0.05) is 54.6 Å². The molecule has 0 heterocycles. The van der Waals surface area contributed by atoms with Gasteiger partial charge in [-0.15, -0.1) is 0 Å². The second-order valence-corrected chi connectivity index (χ2v) is 5.49. The zero-order valence-electron chi connectivity index (χ0n) is 12.0. The molecule has 1 N–H and O–H groups in total. The molecule has 3 aromatic carbocycles. The van der Waals surface area contributed by atoms with Gasteiger partial charge in [-0.2, -0.15) is 0 Å². The van der Waals surface area contributed by atoms with Crippen LogP contribution >= 0.6 is 0 Å². The highest BCUT2D eigenvalue weighted by molar-refractivity contribution is 6.13. The van der Waals surface area contributed by atoms with E-state index in [1.807, 2.05) is 72.8 Å². The van der Waals surface area contributed by atoms with Crippen LogP contribution in [0.1, 0.15) is 27.0 Å². The van der Waals surface area contributed by atoms with Gasteiger partial charge in [0.2, 0.25) is 0 Å². The molecule has 0 aromatic heterocycles. The fourth-order valence-corrected chi connectivity index (χ4v) is 3.02. The van der Waals surface area contributed by atoms with Gasteiger partial charge in [-0.05, 0) is 29.3 Å². The van der Waals surface area contributed by atoms with Crippen LogP contribution in [0.4, 0.5) is 11.4 Å². The van der Waals surface area contributed by atoms with Crippen molar-refractivity contribution in [2.24, 2.45) is 0 Å². The number of benzene rings is 3. The summed E-state index contributed by atoms with van der Waals surface area (Å²) in [7, 11) is 0. The highest BCUT2D eigenvalue weighted by atomic mass is 16.1. The molecule has 2 heteroatoms. The monoisotopic (exact) mass is 285 g/mol. The largest absolute Gasteiger partial charge is 0.355 e. The zero-order valence-corrected chi connectivity index (χ0v) is 12.0. The molecule has 0 aliphatic heterocycles. The van der Waals surface area contributed by atoms with Gasteiger partial charge in [0, 0.05) is 28.9 Å². The summed E-state index contributed by atoms with van der Waals surface area (Å²) < 4.78 is 0. The first-order chi connectivity index (χ1) is 10.8. The Balaban J connectivity index is 1.79. The number of rotatable bonds is 2. The SMILES string of the molecule is O=C1c2ccccc2Cc2c(Nc3ccccc3)cccc21. The fourth-order valence-electron chi connectivity index (χ4n) is 3.02. The lowest BCUT2D eigenvalue weighted by atomic mass is 9.84. The molecule has 0 fully saturated rings. The van der Waals surface area contributed by atoms with E-state index < -0.39 is 0 Å². The van der Waals surface area contributed by atoms with Crippen molar-refractivity contribution in [1.29, 1.82) is 0 Å². The van der Waals surface area contributed by atoms with Gasteiger partial charge in [0.25, 0.3) is 0 Å². The molecule has 0 radical (unpaired) electrons. The van der Waals surface area contributed by atoms with Crippen LogP contribution in [0.5, 0.6) is 0 Å². The molecule has 22 heavy (non-hydrogen) atoms. The maximum absolute atomic E-state index is 12.7. The second-order valence-electron chi connectivity index (χ2n) is 5.49. The van der Waals surface area contributed by atoms with E-state index in [0.29, 0.717) is 0 Å². The van der Waals surface area contributed by atoms with Crippen LogP contribution < -0.4 is 5.32 Å². The number of carbonyl (C=O) groups excluding carboxylic acids is 1. The summed E-state index contributed by atoms with van der Waals surface area (Å²) in [5, 5.41) is 3.43. The molecule has 0 saturated carbocycles. The van der Waals surface area contributed by atoms with Gasteiger partial charge in [-0.25, -0.2) is 0 Å². The Hall–Kier alpha value is -2.87. The number of ketones is 1. The van der Waals surface area contributed by atoms with Crippen LogP contribution in [-0.4, -0.2) is 5.78 Å². The van der Waals surface area contributed by atoms with E-state index in [9.17, 15) is 4.79 Å².